The van der Waals surface area contributed by atoms with Crippen LogP contribution in [0.15, 0.2) is 24.3 Å². The van der Waals surface area contributed by atoms with E-state index in [1.165, 1.54) is 0 Å². The predicted molar refractivity (Wildman–Crippen MR) is 73.1 cm³/mol. The minimum absolute atomic E-state index is 0.0987. The van der Waals surface area contributed by atoms with Crippen molar-refractivity contribution in [2.24, 2.45) is 0 Å². The van der Waals surface area contributed by atoms with E-state index < -0.39 is 5.54 Å². The Labute approximate surface area is 113 Å². The highest BCUT2D eigenvalue weighted by atomic mass is 35.5. The van der Waals surface area contributed by atoms with Gasteiger partial charge in [-0.1, -0.05) is 24.6 Å². The maximum atomic E-state index is 12.0. The average Bonchev–Trinajstić information content (AvgIpc) is 2.38. The number of carbonyl (C=O) groups is 2. The molecule has 3 nitrogen and oxygen atoms in total. The smallest absolute Gasteiger partial charge is 0.252 e. The van der Waals surface area contributed by atoms with Gasteiger partial charge in [-0.3, -0.25) is 9.59 Å². The topological polar surface area (TPSA) is 46.2 Å². The summed E-state index contributed by atoms with van der Waals surface area (Å²) in [6, 6.07) is 7.21. The van der Waals surface area contributed by atoms with Crippen LogP contribution in [0.4, 0.5) is 0 Å². The van der Waals surface area contributed by atoms with E-state index in [9.17, 15) is 9.59 Å². The van der Waals surface area contributed by atoms with Crippen molar-refractivity contribution >= 4 is 23.3 Å². The molecule has 4 heteroatoms. The summed E-state index contributed by atoms with van der Waals surface area (Å²) in [7, 11) is 0. The van der Waals surface area contributed by atoms with Gasteiger partial charge in [0.05, 0.1) is 11.4 Å². The van der Waals surface area contributed by atoms with Crippen LogP contribution in [0.3, 0.4) is 0 Å². The largest absolute Gasteiger partial charge is 0.340 e. The first-order valence-corrected chi connectivity index (χ1v) is 6.45. The van der Waals surface area contributed by atoms with Crippen molar-refractivity contribution < 1.29 is 9.59 Å². The van der Waals surface area contributed by atoms with Crippen LogP contribution in [0.5, 0.6) is 0 Å². The number of ketones is 1. The molecule has 0 fully saturated rings. The van der Waals surface area contributed by atoms with E-state index in [0.29, 0.717) is 12.0 Å². The molecule has 1 amide bonds. The Morgan fingerprint density at radius 2 is 1.83 bits per heavy atom. The number of carbonyl (C=O) groups excluding carboxylic acids is 2. The molecule has 1 aromatic rings. The number of alkyl halides is 1. The van der Waals surface area contributed by atoms with Crippen molar-refractivity contribution in [2.75, 3.05) is 5.88 Å². The Kier molecular flexibility index (Phi) is 4.91. The number of rotatable bonds is 5. The van der Waals surface area contributed by atoms with E-state index in [2.05, 4.69) is 5.32 Å². The molecule has 0 aromatic heterocycles. The minimum Gasteiger partial charge on any atom is -0.340 e. The van der Waals surface area contributed by atoms with Gasteiger partial charge in [0.15, 0.2) is 5.78 Å². The number of Topliss-reactive ketones (excluding diaryl/α,β-unsaturated/α-hetero) is 1. The maximum Gasteiger partial charge on any atom is 0.252 e. The Balaban J connectivity index is 2.86. The summed E-state index contributed by atoms with van der Waals surface area (Å²) in [5, 5.41) is 2.76. The van der Waals surface area contributed by atoms with Gasteiger partial charge in [0, 0.05) is 5.56 Å². The van der Waals surface area contributed by atoms with Crippen molar-refractivity contribution in [1.29, 1.82) is 0 Å². The van der Waals surface area contributed by atoms with Crippen LogP contribution in [0.25, 0.3) is 0 Å². The Morgan fingerprint density at radius 1 is 1.28 bits per heavy atom. The third-order valence-electron chi connectivity index (χ3n) is 3.15. The summed E-state index contributed by atoms with van der Waals surface area (Å²) in [6.07, 6.45) is 0.510. The normalized spacial score (nSPS) is 13.8. The standard InChI is InChI=1S/C14H18ClNO2/c1-4-14(3,12(17)9-15)16-13(18)11-7-5-10(2)6-8-11/h5-8H,4,9H2,1-3H3,(H,16,18). The van der Waals surface area contributed by atoms with Crippen LogP contribution in [-0.4, -0.2) is 23.1 Å². The molecule has 0 aliphatic heterocycles. The molecule has 18 heavy (non-hydrogen) atoms. The zero-order valence-corrected chi connectivity index (χ0v) is 11.7. The summed E-state index contributed by atoms with van der Waals surface area (Å²) in [4.78, 5) is 23.8. The summed E-state index contributed by atoms with van der Waals surface area (Å²) in [5.41, 5.74) is 0.730. The summed E-state index contributed by atoms with van der Waals surface area (Å²) in [5.74, 6) is -0.525. The summed E-state index contributed by atoms with van der Waals surface area (Å²) in [6.45, 7) is 5.50. The molecule has 0 saturated heterocycles. The van der Waals surface area contributed by atoms with E-state index in [1.807, 2.05) is 26.0 Å². The van der Waals surface area contributed by atoms with Crippen LogP contribution in [0, 0.1) is 6.92 Å². The van der Waals surface area contributed by atoms with Gasteiger partial charge in [-0.15, -0.1) is 11.6 Å². The molecule has 1 aromatic carbocycles. The first-order valence-electron chi connectivity index (χ1n) is 5.91. The summed E-state index contributed by atoms with van der Waals surface area (Å²) >= 11 is 5.56. The van der Waals surface area contributed by atoms with Crippen LogP contribution in [-0.2, 0) is 4.79 Å². The highest BCUT2D eigenvalue weighted by Gasteiger charge is 2.32. The lowest BCUT2D eigenvalue weighted by molar-refractivity contribution is -0.122. The van der Waals surface area contributed by atoms with Crippen molar-refractivity contribution in [1.82, 2.24) is 5.32 Å². The predicted octanol–water partition coefficient (Wildman–Crippen LogP) is 2.70. The lowest BCUT2D eigenvalue weighted by atomic mass is 9.93. The SMILES string of the molecule is CCC(C)(NC(=O)c1ccc(C)cc1)C(=O)CCl. The number of benzene rings is 1. The Bertz CT molecular complexity index is 442. The zero-order valence-electron chi connectivity index (χ0n) is 10.9. The molecule has 0 saturated carbocycles. The first kappa shape index (κ1) is 14.7. The van der Waals surface area contributed by atoms with Crippen LogP contribution < -0.4 is 5.32 Å². The van der Waals surface area contributed by atoms with E-state index in [4.69, 9.17) is 11.6 Å². The number of nitrogens with one attached hydrogen (secondary N) is 1. The van der Waals surface area contributed by atoms with Gasteiger partial charge in [-0.2, -0.15) is 0 Å². The molecule has 0 radical (unpaired) electrons. The third kappa shape index (κ3) is 3.33. The third-order valence-corrected chi connectivity index (χ3v) is 3.39. The van der Waals surface area contributed by atoms with Gasteiger partial charge < -0.3 is 5.32 Å². The molecule has 0 heterocycles. The van der Waals surface area contributed by atoms with Crippen molar-refractivity contribution in [2.45, 2.75) is 32.7 Å². The van der Waals surface area contributed by atoms with Gasteiger partial charge in [0.2, 0.25) is 0 Å². The van der Waals surface area contributed by atoms with Crippen molar-refractivity contribution in [3.63, 3.8) is 0 Å². The fourth-order valence-electron chi connectivity index (χ4n) is 1.53. The molecule has 1 atom stereocenters. The molecule has 0 aliphatic carbocycles. The number of halogens is 1. The molecular weight excluding hydrogens is 250 g/mol. The zero-order chi connectivity index (χ0) is 13.8. The van der Waals surface area contributed by atoms with Gasteiger partial charge in [-0.25, -0.2) is 0 Å². The molecular formula is C14H18ClNO2. The molecule has 1 rings (SSSR count). The van der Waals surface area contributed by atoms with Crippen LogP contribution in [0.2, 0.25) is 0 Å². The molecule has 0 bridgehead atoms. The average molecular weight is 268 g/mol. The van der Waals surface area contributed by atoms with Gasteiger partial charge in [0.1, 0.15) is 0 Å². The second-order valence-corrected chi connectivity index (χ2v) is 4.83. The van der Waals surface area contributed by atoms with Gasteiger partial charge in [0.25, 0.3) is 5.91 Å². The molecule has 1 N–H and O–H groups in total. The number of hydrogen-bond donors (Lipinski definition) is 1. The van der Waals surface area contributed by atoms with E-state index in [-0.39, 0.29) is 17.6 Å². The summed E-state index contributed by atoms with van der Waals surface area (Å²) < 4.78 is 0. The maximum absolute atomic E-state index is 12.0. The van der Waals surface area contributed by atoms with Gasteiger partial charge >= 0.3 is 0 Å². The lowest BCUT2D eigenvalue weighted by Crippen LogP contribution is -2.52. The number of amides is 1. The molecule has 0 aliphatic rings. The van der Waals surface area contributed by atoms with Crippen LogP contribution >= 0.6 is 11.6 Å². The fraction of sp³-hybridized carbons (Fsp3) is 0.429. The fourth-order valence-corrected chi connectivity index (χ4v) is 1.83. The second-order valence-electron chi connectivity index (χ2n) is 4.56. The van der Waals surface area contributed by atoms with Crippen molar-refractivity contribution in [3.05, 3.63) is 35.4 Å². The van der Waals surface area contributed by atoms with E-state index >= 15 is 0 Å². The van der Waals surface area contributed by atoms with Gasteiger partial charge in [-0.05, 0) is 32.4 Å². The number of hydrogen-bond acceptors (Lipinski definition) is 2. The quantitative estimate of drug-likeness (QED) is 0.834. The highest BCUT2D eigenvalue weighted by molar-refractivity contribution is 6.29. The first-order chi connectivity index (χ1) is 8.42. The van der Waals surface area contributed by atoms with Crippen LogP contribution in [0.1, 0.15) is 36.2 Å². The Morgan fingerprint density at radius 3 is 2.28 bits per heavy atom. The second kappa shape index (κ2) is 6.01. The Hall–Kier alpha value is -1.35. The molecule has 98 valence electrons. The molecule has 0 spiro atoms. The minimum atomic E-state index is -0.899. The van der Waals surface area contributed by atoms with E-state index in [0.717, 1.165) is 5.56 Å². The monoisotopic (exact) mass is 267 g/mol. The number of aryl methyl sites for hydroxylation is 1. The highest BCUT2D eigenvalue weighted by Crippen LogP contribution is 2.13. The van der Waals surface area contributed by atoms with E-state index in [1.54, 1.807) is 19.1 Å². The lowest BCUT2D eigenvalue weighted by Gasteiger charge is -2.27. The van der Waals surface area contributed by atoms with Crippen molar-refractivity contribution in [3.8, 4) is 0 Å². The molecule has 1 unspecified atom stereocenters.